The van der Waals surface area contributed by atoms with Gasteiger partial charge in [0.2, 0.25) is 0 Å². The predicted octanol–water partition coefficient (Wildman–Crippen LogP) is 14.4. The summed E-state index contributed by atoms with van der Waals surface area (Å²) < 4.78 is 4.60. The number of rotatable bonds is 7. The van der Waals surface area contributed by atoms with E-state index in [-0.39, 0.29) is 0 Å². The van der Waals surface area contributed by atoms with E-state index in [1.165, 1.54) is 55.2 Å². The van der Waals surface area contributed by atoms with Crippen molar-refractivity contribution in [1.29, 1.82) is 10.5 Å². The summed E-state index contributed by atoms with van der Waals surface area (Å²) in [6, 6.07) is 67.1. The molecule has 0 aliphatic rings. The number of para-hydroxylation sites is 3. The smallest absolute Gasteiger partial charge is 0.101 e. The summed E-state index contributed by atoms with van der Waals surface area (Å²) >= 11 is 0. The van der Waals surface area contributed by atoms with Crippen molar-refractivity contribution in [3.05, 3.63) is 204 Å². The third-order valence-electron chi connectivity index (χ3n) is 12.5. The van der Waals surface area contributed by atoms with Crippen molar-refractivity contribution in [2.24, 2.45) is 0 Å². The summed E-state index contributed by atoms with van der Waals surface area (Å²) in [5, 5.41) is 24.8. The van der Waals surface area contributed by atoms with Gasteiger partial charge >= 0.3 is 0 Å². The molecule has 0 atom stereocenters. The van der Waals surface area contributed by atoms with Crippen LogP contribution in [0.1, 0.15) is 61.4 Å². The fourth-order valence-electron chi connectivity index (χ4n) is 9.42. The van der Waals surface area contributed by atoms with Crippen LogP contribution in [0.2, 0.25) is 0 Å². The van der Waals surface area contributed by atoms with Crippen LogP contribution in [0.4, 0.5) is 0 Å². The van der Waals surface area contributed by atoms with Gasteiger partial charge in [-0.15, -0.1) is 0 Å². The lowest BCUT2D eigenvalue weighted by Gasteiger charge is -2.28. The normalized spacial score (nSPS) is 11.8. The number of aromatic nitrogens is 2. The largest absolute Gasteiger partial charge is 0.308 e. The second-order valence-electron chi connectivity index (χ2n) is 16.5. The Hall–Kier alpha value is -7.66. The Morgan fingerprint density at radius 2 is 0.933 bits per heavy atom. The summed E-state index contributed by atoms with van der Waals surface area (Å²) in [4.78, 5) is 0. The molecule has 0 amide bonds. The quantitative estimate of drug-likeness (QED) is 0.162. The number of nitriles is 2. The van der Waals surface area contributed by atoms with E-state index in [1.54, 1.807) is 0 Å². The number of benzene rings is 8. The molecular weight excluding hydrogens is 729 g/mol. The topological polar surface area (TPSA) is 57.4 Å². The first-order valence-electron chi connectivity index (χ1n) is 20.6. The monoisotopic (exact) mass is 770 g/mol. The van der Waals surface area contributed by atoms with Crippen molar-refractivity contribution < 1.29 is 0 Å². The van der Waals surface area contributed by atoms with Gasteiger partial charge in [0.25, 0.3) is 0 Å². The van der Waals surface area contributed by atoms with Crippen LogP contribution in [0.25, 0.3) is 77.2 Å². The van der Waals surface area contributed by atoms with Gasteiger partial charge < -0.3 is 9.13 Å². The Bertz CT molecular complexity index is 3280. The molecule has 286 valence electrons. The summed E-state index contributed by atoms with van der Waals surface area (Å²) in [5.41, 5.74) is 15.1. The lowest BCUT2D eigenvalue weighted by molar-refractivity contribution is 0.647. The van der Waals surface area contributed by atoms with Gasteiger partial charge in [0.1, 0.15) is 12.1 Å². The van der Waals surface area contributed by atoms with Crippen LogP contribution in [-0.2, 0) is 5.41 Å². The van der Waals surface area contributed by atoms with Crippen LogP contribution in [0.3, 0.4) is 0 Å². The van der Waals surface area contributed by atoms with E-state index >= 15 is 0 Å². The Balaban J connectivity index is 1.24. The molecule has 10 rings (SSSR count). The minimum Gasteiger partial charge on any atom is -0.308 e. The van der Waals surface area contributed by atoms with E-state index in [0.717, 1.165) is 38.7 Å². The number of nitrogens with zero attached hydrogens (tertiary/aromatic N) is 4. The molecule has 0 radical (unpaired) electrons. The van der Waals surface area contributed by atoms with E-state index in [2.05, 4.69) is 188 Å². The van der Waals surface area contributed by atoms with Gasteiger partial charge in [0.15, 0.2) is 0 Å². The van der Waals surface area contributed by atoms with Crippen molar-refractivity contribution in [2.75, 3.05) is 0 Å². The van der Waals surface area contributed by atoms with Crippen LogP contribution in [0.15, 0.2) is 176 Å². The summed E-state index contributed by atoms with van der Waals surface area (Å²) in [6.45, 7) is 9.13. The molecule has 10 aromatic rings. The molecule has 8 aromatic carbocycles. The minimum atomic E-state index is -0.439. The van der Waals surface area contributed by atoms with Crippen molar-refractivity contribution in [1.82, 2.24) is 9.13 Å². The third-order valence-corrected chi connectivity index (χ3v) is 12.5. The zero-order valence-corrected chi connectivity index (χ0v) is 34.1. The molecule has 4 nitrogen and oxygen atoms in total. The van der Waals surface area contributed by atoms with E-state index in [9.17, 15) is 10.5 Å². The molecule has 0 aliphatic carbocycles. The molecule has 4 heteroatoms. The minimum absolute atomic E-state index is 0.424. The molecule has 60 heavy (non-hydrogen) atoms. The molecule has 0 fully saturated rings. The Labute approximate surface area is 350 Å². The standard InChI is InChI=1S/C56H42N4/c1-36(2)37-24-28-43(29-25-37)60-54-45(38-14-7-5-8-15-38)20-13-23-49(54)51-50(33-32-46(55(51)60)39-16-9-6-10-17-39)56(3,4)42-26-30-44(31-27-42)59-52-40(34-57)18-11-21-47(52)48-22-12-19-41(35-58)53(48)59/h5-33,36H,1-4H3. The Morgan fingerprint density at radius 1 is 0.450 bits per heavy atom. The average molecular weight is 771 g/mol. The second-order valence-corrected chi connectivity index (χ2v) is 16.5. The highest BCUT2D eigenvalue weighted by Gasteiger charge is 2.31. The molecule has 0 spiro atoms. The fourth-order valence-corrected chi connectivity index (χ4v) is 9.42. The van der Waals surface area contributed by atoms with E-state index in [0.29, 0.717) is 17.0 Å². The van der Waals surface area contributed by atoms with Gasteiger partial charge in [-0.1, -0.05) is 167 Å². The zero-order chi connectivity index (χ0) is 41.1. The Morgan fingerprint density at radius 3 is 1.47 bits per heavy atom. The molecule has 2 aromatic heterocycles. The maximum Gasteiger partial charge on any atom is 0.101 e. The highest BCUT2D eigenvalue weighted by atomic mass is 15.0. The predicted molar refractivity (Wildman–Crippen MR) is 248 cm³/mol. The van der Waals surface area contributed by atoms with Crippen LogP contribution in [0.5, 0.6) is 0 Å². The maximum atomic E-state index is 10.2. The summed E-state index contributed by atoms with van der Waals surface area (Å²) in [6.07, 6.45) is 0. The lowest BCUT2D eigenvalue weighted by atomic mass is 9.75. The maximum absolute atomic E-state index is 10.2. The first-order valence-corrected chi connectivity index (χ1v) is 20.6. The van der Waals surface area contributed by atoms with Crippen molar-refractivity contribution in [2.45, 2.75) is 39.0 Å². The van der Waals surface area contributed by atoms with Gasteiger partial charge in [-0.25, -0.2) is 0 Å². The molecule has 0 saturated heterocycles. The highest BCUT2D eigenvalue weighted by Crippen LogP contribution is 2.47. The van der Waals surface area contributed by atoms with E-state index in [1.807, 2.05) is 36.4 Å². The van der Waals surface area contributed by atoms with Crippen LogP contribution in [0, 0.1) is 22.7 Å². The van der Waals surface area contributed by atoms with Crippen LogP contribution in [-0.4, -0.2) is 9.13 Å². The van der Waals surface area contributed by atoms with Crippen molar-refractivity contribution in [3.8, 4) is 45.8 Å². The molecule has 0 saturated carbocycles. The first-order chi connectivity index (χ1) is 29.3. The number of fused-ring (bicyclic) bond motifs is 6. The Kier molecular flexibility index (Phi) is 8.75. The van der Waals surface area contributed by atoms with Crippen LogP contribution >= 0.6 is 0 Å². The number of hydrogen-bond donors (Lipinski definition) is 0. The third kappa shape index (κ3) is 5.65. The van der Waals surface area contributed by atoms with Gasteiger partial charge in [0.05, 0.1) is 33.2 Å². The van der Waals surface area contributed by atoms with Gasteiger partial charge in [-0.3, -0.25) is 0 Å². The van der Waals surface area contributed by atoms with Crippen LogP contribution < -0.4 is 0 Å². The van der Waals surface area contributed by atoms with Crippen molar-refractivity contribution >= 4 is 43.6 Å². The molecule has 2 heterocycles. The molecule has 0 bridgehead atoms. The second kappa shape index (κ2) is 14.3. The summed E-state index contributed by atoms with van der Waals surface area (Å²) in [7, 11) is 0. The average Bonchev–Trinajstić information content (AvgIpc) is 3.83. The van der Waals surface area contributed by atoms with E-state index in [4.69, 9.17) is 0 Å². The number of hydrogen-bond acceptors (Lipinski definition) is 2. The SMILES string of the molecule is CC(C)c1ccc(-n2c3c(-c4ccccc4)cccc3c3c(C(C)(C)c4ccc(-n5c6c(C#N)cccc6c6cccc(C#N)c65)cc4)ccc(-c4ccccc4)c32)cc1. The highest BCUT2D eigenvalue weighted by molar-refractivity contribution is 6.19. The fraction of sp³-hybridized carbons (Fsp3) is 0.107. The molecule has 0 N–H and O–H groups in total. The van der Waals surface area contributed by atoms with Crippen molar-refractivity contribution in [3.63, 3.8) is 0 Å². The lowest BCUT2D eigenvalue weighted by Crippen LogP contribution is -2.19. The van der Waals surface area contributed by atoms with E-state index < -0.39 is 5.41 Å². The summed E-state index contributed by atoms with van der Waals surface area (Å²) in [5.74, 6) is 0.424. The first kappa shape index (κ1) is 36.7. The molecule has 0 unspecified atom stereocenters. The zero-order valence-electron chi connectivity index (χ0n) is 34.1. The van der Waals surface area contributed by atoms with Gasteiger partial charge in [0, 0.05) is 49.5 Å². The molecule has 0 aliphatic heterocycles. The van der Waals surface area contributed by atoms with Gasteiger partial charge in [-0.2, -0.15) is 10.5 Å². The van der Waals surface area contributed by atoms with Gasteiger partial charge in [-0.05, 0) is 70.1 Å². The molecular formula is C56H42N4.